The first-order valence-corrected chi connectivity index (χ1v) is 9.10. The topological polar surface area (TPSA) is 94.5 Å². The molecule has 8 heteroatoms. The van der Waals surface area contributed by atoms with Crippen LogP contribution in [0.15, 0.2) is 40.1 Å². The van der Waals surface area contributed by atoms with Gasteiger partial charge in [-0.3, -0.25) is 4.79 Å². The molecular weight excluding hydrogens is 352 g/mol. The number of aromatic nitrogens is 2. The molecule has 0 aliphatic carbocycles. The summed E-state index contributed by atoms with van der Waals surface area (Å²) in [4.78, 5) is 23.0. The van der Waals surface area contributed by atoms with Crippen LogP contribution in [0, 0.1) is 0 Å². The molecule has 3 heterocycles. The van der Waals surface area contributed by atoms with Crippen molar-refractivity contribution >= 4 is 22.4 Å². The predicted molar refractivity (Wildman–Crippen MR) is 96.8 cm³/mol. The Labute approximate surface area is 154 Å². The third-order valence-electron chi connectivity index (χ3n) is 4.33. The van der Waals surface area contributed by atoms with Gasteiger partial charge >= 0.3 is 0 Å². The van der Waals surface area contributed by atoms with Gasteiger partial charge in [-0.05, 0) is 5.56 Å². The molecule has 1 atom stereocenters. The van der Waals surface area contributed by atoms with Crippen LogP contribution in [0.3, 0.4) is 0 Å². The zero-order valence-corrected chi connectivity index (χ0v) is 15.0. The molecule has 0 saturated carbocycles. The molecule has 3 aromatic rings. The first-order chi connectivity index (χ1) is 12.7. The van der Waals surface area contributed by atoms with Crippen LogP contribution in [-0.2, 0) is 17.7 Å². The van der Waals surface area contributed by atoms with Gasteiger partial charge in [0.25, 0.3) is 5.91 Å². The summed E-state index contributed by atoms with van der Waals surface area (Å²) in [6.07, 6.45) is 0.239. The summed E-state index contributed by atoms with van der Waals surface area (Å²) in [5, 5.41) is 2.07. The van der Waals surface area contributed by atoms with E-state index in [1.54, 1.807) is 17.4 Å². The van der Waals surface area contributed by atoms with Gasteiger partial charge in [0.1, 0.15) is 17.1 Å². The minimum absolute atomic E-state index is 0.139. The van der Waals surface area contributed by atoms with Crippen molar-refractivity contribution in [3.05, 3.63) is 64.3 Å². The van der Waals surface area contributed by atoms with E-state index >= 15 is 0 Å². The van der Waals surface area contributed by atoms with Crippen LogP contribution in [0.4, 0.5) is 5.13 Å². The van der Waals surface area contributed by atoms with E-state index in [0.717, 1.165) is 17.0 Å². The molecule has 1 amide bonds. The summed E-state index contributed by atoms with van der Waals surface area (Å²) >= 11 is 1.26. The highest BCUT2D eigenvalue weighted by molar-refractivity contribution is 7.13. The fraction of sp³-hybridized carbons (Fsp3) is 0.278. The summed E-state index contributed by atoms with van der Waals surface area (Å²) in [6.45, 7) is 0.946. The van der Waals surface area contributed by atoms with Crippen LogP contribution in [0.25, 0.3) is 0 Å². The van der Waals surface area contributed by atoms with E-state index in [-0.39, 0.29) is 12.0 Å². The van der Waals surface area contributed by atoms with Gasteiger partial charge < -0.3 is 19.8 Å². The van der Waals surface area contributed by atoms with Crippen LogP contribution < -0.4 is 5.73 Å². The Balaban J connectivity index is 1.56. The molecule has 134 valence electrons. The van der Waals surface area contributed by atoms with Gasteiger partial charge in [-0.15, -0.1) is 11.3 Å². The standard InChI is InChI=1S/C18H18N4O3S/c1-24-15(11-5-3-2-4-6-11)16-20-12-9-22(8-7-14(12)25-16)17(23)13-10-26-18(19)21-13/h2-6,10,15H,7-9H2,1H3,(H2,19,21). The van der Waals surface area contributed by atoms with Crippen molar-refractivity contribution in [3.63, 3.8) is 0 Å². The molecule has 7 nitrogen and oxygen atoms in total. The van der Waals surface area contributed by atoms with Gasteiger partial charge in [0.2, 0.25) is 5.89 Å². The lowest BCUT2D eigenvalue weighted by Gasteiger charge is -2.24. The molecule has 1 aliphatic rings. The minimum Gasteiger partial charge on any atom is -0.442 e. The zero-order chi connectivity index (χ0) is 18.1. The number of hydrogen-bond donors (Lipinski definition) is 1. The third-order valence-corrected chi connectivity index (χ3v) is 5.01. The van der Waals surface area contributed by atoms with Crippen LogP contribution >= 0.6 is 11.3 Å². The summed E-state index contributed by atoms with van der Waals surface area (Å²) < 4.78 is 11.5. The van der Waals surface area contributed by atoms with E-state index in [4.69, 9.17) is 14.9 Å². The number of anilines is 1. The third kappa shape index (κ3) is 3.09. The molecular formula is C18H18N4O3S. The Morgan fingerprint density at radius 2 is 2.15 bits per heavy atom. The van der Waals surface area contributed by atoms with Crippen molar-refractivity contribution in [3.8, 4) is 0 Å². The lowest BCUT2D eigenvalue weighted by molar-refractivity contribution is 0.0722. The molecule has 4 rings (SSSR count). The highest BCUT2D eigenvalue weighted by Gasteiger charge is 2.29. The number of nitrogen functional groups attached to an aromatic ring is 1. The maximum Gasteiger partial charge on any atom is 0.273 e. The second-order valence-electron chi connectivity index (χ2n) is 6.00. The largest absolute Gasteiger partial charge is 0.442 e. The molecule has 2 aromatic heterocycles. The van der Waals surface area contributed by atoms with Gasteiger partial charge in [-0.1, -0.05) is 30.3 Å². The molecule has 0 fully saturated rings. The van der Waals surface area contributed by atoms with Crippen molar-refractivity contribution in [1.82, 2.24) is 14.9 Å². The van der Waals surface area contributed by atoms with Crippen LogP contribution in [0.5, 0.6) is 0 Å². The van der Waals surface area contributed by atoms with Crippen molar-refractivity contribution in [2.75, 3.05) is 19.4 Å². The lowest BCUT2D eigenvalue weighted by atomic mass is 10.1. The number of fused-ring (bicyclic) bond motifs is 1. The number of benzene rings is 1. The fourth-order valence-electron chi connectivity index (χ4n) is 3.06. The number of amides is 1. The first-order valence-electron chi connectivity index (χ1n) is 8.22. The Morgan fingerprint density at radius 1 is 1.35 bits per heavy atom. The number of oxazole rings is 1. The molecule has 0 radical (unpaired) electrons. The van der Waals surface area contributed by atoms with E-state index in [9.17, 15) is 4.79 Å². The number of hydrogen-bond acceptors (Lipinski definition) is 7. The van der Waals surface area contributed by atoms with E-state index in [0.29, 0.717) is 36.2 Å². The summed E-state index contributed by atoms with van der Waals surface area (Å²) in [6, 6.07) is 9.79. The Hall–Kier alpha value is -2.71. The molecule has 0 saturated heterocycles. The number of carbonyl (C=O) groups excluding carboxylic acids is 1. The van der Waals surface area contributed by atoms with Crippen molar-refractivity contribution in [2.24, 2.45) is 0 Å². The maximum absolute atomic E-state index is 12.6. The van der Waals surface area contributed by atoms with Crippen molar-refractivity contribution in [2.45, 2.75) is 19.1 Å². The van der Waals surface area contributed by atoms with Crippen LogP contribution in [0.1, 0.15) is 39.5 Å². The summed E-state index contributed by atoms with van der Waals surface area (Å²) in [5.41, 5.74) is 7.74. The van der Waals surface area contributed by atoms with Gasteiger partial charge in [0, 0.05) is 25.5 Å². The van der Waals surface area contributed by atoms with Crippen LogP contribution in [0.2, 0.25) is 0 Å². The maximum atomic E-state index is 12.6. The quantitative estimate of drug-likeness (QED) is 0.759. The smallest absolute Gasteiger partial charge is 0.273 e. The number of rotatable bonds is 4. The molecule has 1 aromatic carbocycles. The molecule has 1 unspecified atom stereocenters. The van der Waals surface area contributed by atoms with E-state index in [1.807, 2.05) is 30.3 Å². The molecule has 1 aliphatic heterocycles. The Kier molecular flexibility index (Phi) is 4.44. The number of nitrogens with zero attached hydrogens (tertiary/aromatic N) is 3. The monoisotopic (exact) mass is 370 g/mol. The van der Waals surface area contributed by atoms with Gasteiger partial charge in [0.15, 0.2) is 11.2 Å². The van der Waals surface area contributed by atoms with Crippen molar-refractivity contribution in [1.29, 1.82) is 0 Å². The number of thiazole rings is 1. The van der Waals surface area contributed by atoms with Crippen LogP contribution in [-0.4, -0.2) is 34.4 Å². The van der Waals surface area contributed by atoms with Gasteiger partial charge in [-0.2, -0.15) is 0 Å². The SMILES string of the molecule is COC(c1ccccc1)c1nc2c(o1)CCN(C(=O)c1csc(N)n1)C2. The average Bonchev–Trinajstić information content (AvgIpc) is 3.28. The fourth-order valence-corrected chi connectivity index (χ4v) is 3.60. The van der Waals surface area contributed by atoms with E-state index < -0.39 is 0 Å². The molecule has 0 bridgehead atoms. The zero-order valence-electron chi connectivity index (χ0n) is 14.2. The predicted octanol–water partition coefficient (Wildman–Crippen LogP) is 2.65. The Bertz CT molecular complexity index is 922. The highest BCUT2D eigenvalue weighted by atomic mass is 32.1. The van der Waals surface area contributed by atoms with Gasteiger partial charge in [-0.25, -0.2) is 9.97 Å². The van der Waals surface area contributed by atoms with Crippen molar-refractivity contribution < 1.29 is 13.9 Å². The first kappa shape index (κ1) is 16.7. The van der Waals surface area contributed by atoms with Gasteiger partial charge in [0.05, 0.1) is 6.54 Å². The second kappa shape index (κ2) is 6.89. The summed E-state index contributed by atoms with van der Waals surface area (Å²) in [5.74, 6) is 1.18. The number of carbonyl (C=O) groups is 1. The average molecular weight is 370 g/mol. The number of methoxy groups -OCH3 is 1. The molecule has 2 N–H and O–H groups in total. The summed E-state index contributed by atoms with van der Waals surface area (Å²) in [7, 11) is 1.63. The van der Waals surface area contributed by atoms with E-state index in [1.165, 1.54) is 11.3 Å². The normalized spacial score (nSPS) is 14.9. The number of nitrogens with two attached hydrogens (primary N) is 1. The molecule has 0 spiro atoms. The molecule has 26 heavy (non-hydrogen) atoms. The minimum atomic E-state index is -0.371. The lowest BCUT2D eigenvalue weighted by Crippen LogP contribution is -2.36. The number of ether oxygens (including phenoxy) is 1. The highest BCUT2D eigenvalue weighted by Crippen LogP contribution is 2.29. The second-order valence-corrected chi connectivity index (χ2v) is 6.89. The Morgan fingerprint density at radius 3 is 2.85 bits per heavy atom. The van der Waals surface area contributed by atoms with E-state index in [2.05, 4.69) is 9.97 Å².